The van der Waals surface area contributed by atoms with Crippen molar-refractivity contribution in [3.05, 3.63) is 177 Å². The third kappa shape index (κ3) is 11.4. The predicted molar refractivity (Wildman–Crippen MR) is 271 cm³/mol. The second-order valence-corrected chi connectivity index (χ2v) is 18.3. The van der Waals surface area contributed by atoms with E-state index >= 15 is 0 Å². The largest absolute Gasteiger partial charge is 0.459 e. The number of nitrogens with zero attached hydrogens (tertiary/aromatic N) is 4. The Balaban J connectivity index is 1.28. The van der Waals surface area contributed by atoms with Crippen LogP contribution in [0.5, 0.6) is 23.0 Å². The van der Waals surface area contributed by atoms with Gasteiger partial charge in [0.25, 0.3) is 11.4 Å². The van der Waals surface area contributed by atoms with E-state index in [-0.39, 0.29) is 74.3 Å². The Kier molecular flexibility index (Phi) is 16.8. The number of allylic oxidation sites excluding steroid dienone is 1. The van der Waals surface area contributed by atoms with E-state index < -0.39 is 33.7 Å². The molecule has 1 heterocycles. The van der Waals surface area contributed by atoms with Gasteiger partial charge in [-0.3, -0.25) is 25.1 Å². The van der Waals surface area contributed by atoms with Gasteiger partial charge in [-0.2, -0.15) is 0 Å². The summed E-state index contributed by atoms with van der Waals surface area (Å²) < 4.78 is 27.1. The maximum Gasteiger partial charge on any atom is 0.415 e. The van der Waals surface area contributed by atoms with Crippen molar-refractivity contribution in [1.29, 1.82) is 0 Å². The van der Waals surface area contributed by atoms with Crippen molar-refractivity contribution < 1.29 is 48.6 Å². The molecule has 6 atom stereocenters. The number of hydrogen-bond donors (Lipinski definition) is 2. The Bertz CT molecular complexity index is 2730. The number of carbonyl (C=O) groups is 1. The quantitative estimate of drug-likeness (QED) is 0.0271. The summed E-state index contributed by atoms with van der Waals surface area (Å²) in [6.07, 6.45) is 7.83. The normalized spacial score (nSPS) is 21.3. The maximum atomic E-state index is 14.8. The zero-order chi connectivity index (χ0) is 50.6. The van der Waals surface area contributed by atoms with E-state index in [1.807, 2.05) is 67.6 Å². The first kappa shape index (κ1) is 51.0. The average molecular weight is 981 g/mol. The van der Waals surface area contributed by atoms with Gasteiger partial charge in [0.15, 0.2) is 0 Å². The fourth-order valence-electron chi connectivity index (χ4n) is 10.5. The minimum atomic E-state index is -1.58. The molecule has 8 rings (SSSR count). The van der Waals surface area contributed by atoms with Crippen LogP contribution in [-0.2, 0) is 16.2 Å². The first-order valence-electron chi connectivity index (χ1n) is 24.6. The van der Waals surface area contributed by atoms with Crippen molar-refractivity contribution in [2.45, 2.75) is 82.6 Å². The molecule has 16 nitrogen and oxygen atoms in total. The van der Waals surface area contributed by atoms with Crippen LogP contribution in [0.4, 0.5) is 16.2 Å². The summed E-state index contributed by atoms with van der Waals surface area (Å²) in [7, 11) is 0. The molecule has 5 aromatic rings. The van der Waals surface area contributed by atoms with Crippen molar-refractivity contribution in [3.63, 3.8) is 0 Å². The molecule has 0 aromatic heterocycles. The van der Waals surface area contributed by atoms with Gasteiger partial charge in [0.1, 0.15) is 35.6 Å². The van der Waals surface area contributed by atoms with Crippen LogP contribution >= 0.6 is 0 Å². The highest BCUT2D eigenvalue weighted by atomic mass is 16.7. The highest BCUT2D eigenvalue weighted by Crippen LogP contribution is 2.62. The standard InChI is InChI=1S/C56H60N4O12/c1-3-30-58(55(63)71-45-26-22-43(23-27-45)60(66)67)52-36-50(57-69-37-38-16-20-42(21-17-38)59(64)65)48-34-41(14-8-10-31-61)47(15-9-11-32-62)53-49-35-46(28-29-51(49)72-56(52,54(48)53)68-33-4-2)70-44-24-18-40(19-25-44)39-12-6-5-7-13-39/h4-7,12-13,16-29,34-35,41,47,52-54,61-62H,2-3,8-11,14-15,30-33,36-37H2,1H3. The Morgan fingerprint density at radius 1 is 0.833 bits per heavy atom. The maximum absolute atomic E-state index is 14.8. The summed E-state index contributed by atoms with van der Waals surface area (Å²) in [4.78, 5) is 44.5. The van der Waals surface area contributed by atoms with Crippen LogP contribution in [0.25, 0.3) is 11.1 Å². The molecule has 1 saturated carbocycles. The van der Waals surface area contributed by atoms with Crippen LogP contribution in [0.3, 0.4) is 0 Å². The molecule has 0 spiro atoms. The van der Waals surface area contributed by atoms with Crippen LogP contribution in [0, 0.1) is 38.0 Å². The number of aliphatic hydroxyl groups excluding tert-OH is 2. The van der Waals surface area contributed by atoms with E-state index in [1.54, 1.807) is 23.1 Å². The molecule has 1 amide bonds. The molecule has 1 fully saturated rings. The molecule has 0 saturated heterocycles. The lowest BCUT2D eigenvalue weighted by molar-refractivity contribution is -0.385. The minimum Gasteiger partial charge on any atom is -0.459 e. The Labute approximate surface area is 418 Å². The lowest BCUT2D eigenvalue weighted by Crippen LogP contribution is -2.70. The smallest absolute Gasteiger partial charge is 0.415 e. The summed E-state index contributed by atoms with van der Waals surface area (Å²) in [6, 6.07) is 34.2. The van der Waals surface area contributed by atoms with Crippen LogP contribution in [-0.4, -0.2) is 75.0 Å². The fraction of sp³-hybridized carbons (Fsp3) is 0.357. The minimum absolute atomic E-state index is 0.0113. The lowest BCUT2D eigenvalue weighted by atomic mass is 9.55. The molecule has 3 aliphatic rings. The molecule has 2 aliphatic carbocycles. The predicted octanol–water partition coefficient (Wildman–Crippen LogP) is 11.7. The Hall–Kier alpha value is -7.40. The zero-order valence-electron chi connectivity index (χ0n) is 40.3. The first-order valence-corrected chi connectivity index (χ1v) is 24.6. The molecular formula is C56H60N4O12. The Morgan fingerprint density at radius 3 is 2.12 bits per heavy atom. The van der Waals surface area contributed by atoms with E-state index in [4.69, 9.17) is 28.9 Å². The van der Waals surface area contributed by atoms with Crippen molar-refractivity contribution >= 4 is 23.2 Å². The third-order valence-electron chi connectivity index (χ3n) is 13.7. The number of carbonyl (C=O) groups excluding carboxylic acids is 1. The van der Waals surface area contributed by atoms with Crippen LogP contribution in [0.1, 0.15) is 75.3 Å². The number of rotatable bonds is 23. The number of fused-ring (bicyclic) bond motifs is 2. The molecule has 1 aliphatic heterocycles. The van der Waals surface area contributed by atoms with Gasteiger partial charge in [-0.1, -0.05) is 79.5 Å². The number of aliphatic hydroxyl groups is 2. The number of non-ortho nitro benzene ring substituents is 2. The van der Waals surface area contributed by atoms with Crippen molar-refractivity contribution in [2.75, 3.05) is 26.4 Å². The van der Waals surface area contributed by atoms with Crippen molar-refractivity contribution in [3.8, 4) is 34.1 Å². The topological polar surface area (TPSA) is 206 Å². The Morgan fingerprint density at radius 2 is 1.47 bits per heavy atom. The van der Waals surface area contributed by atoms with Gasteiger partial charge in [-0.25, -0.2) is 4.79 Å². The number of hydrogen-bond acceptors (Lipinski definition) is 13. The highest BCUT2D eigenvalue weighted by molar-refractivity contribution is 6.03. The second kappa shape index (κ2) is 23.7. The molecule has 16 heteroatoms. The number of amides is 1. The van der Waals surface area contributed by atoms with Crippen molar-refractivity contribution in [2.24, 2.45) is 22.9 Å². The number of ether oxygens (including phenoxy) is 4. The molecule has 376 valence electrons. The van der Waals surface area contributed by atoms with E-state index in [0.29, 0.717) is 54.2 Å². The second-order valence-electron chi connectivity index (χ2n) is 18.3. The zero-order valence-corrected chi connectivity index (χ0v) is 40.3. The molecule has 5 aromatic carbocycles. The van der Waals surface area contributed by atoms with Gasteiger partial charge < -0.3 is 34.0 Å². The van der Waals surface area contributed by atoms with Gasteiger partial charge in [0.05, 0.1) is 28.1 Å². The van der Waals surface area contributed by atoms with E-state index in [1.165, 1.54) is 36.4 Å². The van der Waals surface area contributed by atoms with E-state index in [0.717, 1.165) is 41.5 Å². The number of nitro groups is 2. The van der Waals surface area contributed by atoms with Gasteiger partial charge >= 0.3 is 6.09 Å². The number of unbranched alkanes of at least 4 members (excludes halogenated alkanes) is 2. The summed E-state index contributed by atoms with van der Waals surface area (Å²) in [6.45, 7) is 6.24. The van der Waals surface area contributed by atoms with E-state index in [2.05, 4.69) is 24.8 Å². The van der Waals surface area contributed by atoms with Gasteiger partial charge in [-0.05, 0) is 121 Å². The SMILES string of the molecule is C=CCOC12Oc3ccc(Oc4ccc(-c5ccccc5)cc4)cc3C3C(CCCCO)C(CCCCO)C=C(C(=NOCc4ccc([N+](=O)[O-])cc4)CC1N(CCC)C(=O)Oc1ccc([N+](=O)[O-])cc1)C32. The molecule has 72 heavy (non-hydrogen) atoms. The van der Waals surface area contributed by atoms with E-state index in [9.17, 15) is 35.2 Å². The molecule has 2 N–H and O–H groups in total. The third-order valence-corrected chi connectivity index (χ3v) is 13.7. The summed E-state index contributed by atoms with van der Waals surface area (Å²) in [5, 5.41) is 47.8. The van der Waals surface area contributed by atoms with Crippen LogP contribution < -0.4 is 14.2 Å². The molecule has 0 radical (unpaired) electrons. The van der Waals surface area contributed by atoms with Crippen molar-refractivity contribution in [1.82, 2.24) is 4.90 Å². The number of benzene rings is 5. The fourth-order valence-corrected chi connectivity index (χ4v) is 10.5. The number of nitro benzene ring substituents is 2. The van der Waals surface area contributed by atoms with Crippen LogP contribution in [0.2, 0.25) is 0 Å². The first-order chi connectivity index (χ1) is 35.1. The highest BCUT2D eigenvalue weighted by Gasteiger charge is 2.65. The molecular weight excluding hydrogens is 921 g/mol. The molecule has 0 bridgehead atoms. The van der Waals surface area contributed by atoms with Crippen LogP contribution in [0.15, 0.2) is 151 Å². The summed E-state index contributed by atoms with van der Waals surface area (Å²) in [5.41, 5.74) is 4.79. The van der Waals surface area contributed by atoms with Gasteiger partial charge in [0, 0.05) is 61.9 Å². The van der Waals surface area contributed by atoms with Gasteiger partial charge in [-0.15, -0.1) is 6.58 Å². The monoisotopic (exact) mass is 980 g/mol. The lowest BCUT2D eigenvalue weighted by Gasteiger charge is -2.59. The van der Waals surface area contributed by atoms with Gasteiger partial charge in [0.2, 0.25) is 5.79 Å². The average Bonchev–Trinajstić information content (AvgIpc) is 3.39. The summed E-state index contributed by atoms with van der Waals surface area (Å²) >= 11 is 0. The number of oxime groups is 1. The summed E-state index contributed by atoms with van der Waals surface area (Å²) in [5.74, 6) is -0.812. The molecule has 6 unspecified atom stereocenters.